The Morgan fingerprint density at radius 1 is 1.30 bits per heavy atom. The standard InChI is InChI=1S/C14H12ClN3OS/c15-11-4-1-3-10(9-16)13(11)17-6-7-18-14(19)12-5-2-8-20-12/h1-5,8,17H,6-7H2,(H,18,19). The molecule has 1 aromatic heterocycles. The SMILES string of the molecule is N#Cc1cccc(Cl)c1NCCNC(=O)c1cccs1. The van der Waals surface area contributed by atoms with Crippen molar-refractivity contribution >= 4 is 34.5 Å². The molecule has 0 radical (unpaired) electrons. The number of para-hydroxylation sites is 1. The first-order chi connectivity index (χ1) is 9.72. The van der Waals surface area contributed by atoms with Crippen LogP contribution in [0.25, 0.3) is 0 Å². The smallest absolute Gasteiger partial charge is 0.261 e. The number of carbonyl (C=O) groups is 1. The zero-order chi connectivity index (χ0) is 14.4. The maximum atomic E-state index is 11.7. The van der Waals surface area contributed by atoms with E-state index in [2.05, 4.69) is 16.7 Å². The fraction of sp³-hybridized carbons (Fsp3) is 0.143. The lowest BCUT2D eigenvalue weighted by atomic mass is 10.2. The molecule has 0 unspecified atom stereocenters. The zero-order valence-electron chi connectivity index (χ0n) is 10.5. The lowest BCUT2D eigenvalue weighted by Gasteiger charge is -2.10. The van der Waals surface area contributed by atoms with Gasteiger partial charge in [-0.25, -0.2) is 0 Å². The summed E-state index contributed by atoms with van der Waals surface area (Å²) in [5, 5.41) is 17.2. The van der Waals surface area contributed by atoms with Crippen LogP contribution in [0.15, 0.2) is 35.7 Å². The number of carbonyl (C=O) groups excluding carboxylic acids is 1. The van der Waals surface area contributed by atoms with Crippen LogP contribution in [-0.2, 0) is 0 Å². The number of nitrogens with one attached hydrogen (secondary N) is 2. The molecule has 0 aliphatic carbocycles. The number of thiophene rings is 1. The third-order valence-electron chi connectivity index (χ3n) is 2.59. The van der Waals surface area contributed by atoms with Crippen molar-refractivity contribution in [1.82, 2.24) is 5.32 Å². The van der Waals surface area contributed by atoms with E-state index >= 15 is 0 Å². The van der Waals surface area contributed by atoms with Gasteiger partial charge < -0.3 is 10.6 Å². The molecule has 0 bridgehead atoms. The molecule has 1 heterocycles. The maximum absolute atomic E-state index is 11.7. The second-order valence-corrected chi connectivity index (χ2v) is 5.29. The second kappa shape index (κ2) is 6.94. The fourth-order valence-corrected chi connectivity index (χ4v) is 2.54. The van der Waals surface area contributed by atoms with Gasteiger partial charge in [0.15, 0.2) is 0 Å². The highest BCUT2D eigenvalue weighted by atomic mass is 35.5. The van der Waals surface area contributed by atoms with E-state index in [0.29, 0.717) is 34.2 Å². The van der Waals surface area contributed by atoms with Gasteiger partial charge in [-0.3, -0.25) is 4.79 Å². The molecule has 102 valence electrons. The first kappa shape index (κ1) is 14.4. The molecule has 0 atom stereocenters. The van der Waals surface area contributed by atoms with Gasteiger partial charge in [-0.2, -0.15) is 5.26 Å². The van der Waals surface area contributed by atoms with Gasteiger partial charge >= 0.3 is 0 Å². The summed E-state index contributed by atoms with van der Waals surface area (Å²) in [6.07, 6.45) is 0. The summed E-state index contributed by atoms with van der Waals surface area (Å²) in [6, 6.07) is 10.8. The number of amides is 1. The lowest BCUT2D eigenvalue weighted by Crippen LogP contribution is -2.28. The number of nitriles is 1. The number of benzene rings is 1. The summed E-state index contributed by atoms with van der Waals surface area (Å²) in [5.74, 6) is -0.0959. The fourth-order valence-electron chi connectivity index (χ4n) is 1.66. The van der Waals surface area contributed by atoms with E-state index in [1.54, 1.807) is 24.3 Å². The van der Waals surface area contributed by atoms with E-state index in [4.69, 9.17) is 16.9 Å². The van der Waals surface area contributed by atoms with Crippen molar-refractivity contribution in [3.8, 4) is 6.07 Å². The van der Waals surface area contributed by atoms with Crippen molar-refractivity contribution in [3.05, 3.63) is 51.2 Å². The predicted octanol–water partition coefficient (Wildman–Crippen LogP) is 3.12. The monoisotopic (exact) mass is 305 g/mol. The Hall–Kier alpha value is -2.03. The third-order valence-corrected chi connectivity index (χ3v) is 3.77. The maximum Gasteiger partial charge on any atom is 0.261 e. The minimum Gasteiger partial charge on any atom is -0.381 e. The molecule has 20 heavy (non-hydrogen) atoms. The summed E-state index contributed by atoms with van der Waals surface area (Å²) >= 11 is 7.43. The molecule has 6 heteroatoms. The Balaban J connectivity index is 1.85. The van der Waals surface area contributed by atoms with Crippen LogP contribution in [0.1, 0.15) is 15.2 Å². The Morgan fingerprint density at radius 3 is 2.85 bits per heavy atom. The summed E-state index contributed by atoms with van der Waals surface area (Å²) < 4.78 is 0. The highest BCUT2D eigenvalue weighted by Crippen LogP contribution is 2.24. The van der Waals surface area contributed by atoms with E-state index in [1.807, 2.05) is 11.4 Å². The van der Waals surface area contributed by atoms with Crippen LogP contribution in [0.5, 0.6) is 0 Å². The van der Waals surface area contributed by atoms with Crippen LogP contribution in [0, 0.1) is 11.3 Å². The van der Waals surface area contributed by atoms with Gasteiger partial charge in [0.25, 0.3) is 5.91 Å². The van der Waals surface area contributed by atoms with Gasteiger partial charge in [0, 0.05) is 13.1 Å². The normalized spacial score (nSPS) is 9.80. The number of nitrogens with zero attached hydrogens (tertiary/aromatic N) is 1. The molecular weight excluding hydrogens is 294 g/mol. The van der Waals surface area contributed by atoms with Crippen molar-refractivity contribution in [2.45, 2.75) is 0 Å². The minimum absolute atomic E-state index is 0.0959. The molecule has 2 aromatic rings. The lowest BCUT2D eigenvalue weighted by molar-refractivity contribution is 0.0959. The van der Waals surface area contributed by atoms with E-state index in [1.165, 1.54) is 11.3 Å². The van der Waals surface area contributed by atoms with E-state index in [9.17, 15) is 4.79 Å². The number of rotatable bonds is 5. The number of anilines is 1. The highest BCUT2D eigenvalue weighted by molar-refractivity contribution is 7.12. The molecule has 2 rings (SSSR count). The second-order valence-electron chi connectivity index (χ2n) is 3.93. The van der Waals surface area contributed by atoms with Crippen LogP contribution >= 0.6 is 22.9 Å². The first-order valence-electron chi connectivity index (χ1n) is 5.96. The Kier molecular flexibility index (Phi) is 4.99. The van der Waals surface area contributed by atoms with E-state index < -0.39 is 0 Å². The first-order valence-corrected chi connectivity index (χ1v) is 7.22. The summed E-state index contributed by atoms with van der Waals surface area (Å²) in [5.41, 5.74) is 1.09. The number of halogens is 1. The molecule has 4 nitrogen and oxygen atoms in total. The van der Waals surface area contributed by atoms with Crippen LogP contribution < -0.4 is 10.6 Å². The average molecular weight is 306 g/mol. The third kappa shape index (κ3) is 3.50. The summed E-state index contributed by atoms with van der Waals surface area (Å²) in [6.45, 7) is 0.947. The molecule has 0 saturated carbocycles. The number of hydrogen-bond donors (Lipinski definition) is 2. The van der Waals surface area contributed by atoms with Gasteiger partial charge in [0.2, 0.25) is 0 Å². The zero-order valence-corrected chi connectivity index (χ0v) is 12.1. The largest absolute Gasteiger partial charge is 0.381 e. The predicted molar refractivity (Wildman–Crippen MR) is 81.3 cm³/mol. The molecule has 0 spiro atoms. The molecule has 0 saturated heterocycles. The number of hydrogen-bond acceptors (Lipinski definition) is 4. The van der Waals surface area contributed by atoms with Gasteiger partial charge in [-0.1, -0.05) is 23.7 Å². The molecule has 2 N–H and O–H groups in total. The van der Waals surface area contributed by atoms with Crippen LogP contribution in [0.4, 0.5) is 5.69 Å². The van der Waals surface area contributed by atoms with Gasteiger partial charge in [0.05, 0.1) is 21.2 Å². The topological polar surface area (TPSA) is 64.9 Å². The van der Waals surface area contributed by atoms with Crippen LogP contribution in [-0.4, -0.2) is 19.0 Å². The van der Waals surface area contributed by atoms with Gasteiger partial charge in [0.1, 0.15) is 6.07 Å². The van der Waals surface area contributed by atoms with Gasteiger partial charge in [-0.05, 0) is 23.6 Å². The Bertz CT molecular complexity index is 634. The van der Waals surface area contributed by atoms with Crippen molar-refractivity contribution in [1.29, 1.82) is 5.26 Å². The molecule has 1 aromatic carbocycles. The van der Waals surface area contributed by atoms with Crippen molar-refractivity contribution in [2.75, 3.05) is 18.4 Å². The van der Waals surface area contributed by atoms with Gasteiger partial charge in [-0.15, -0.1) is 11.3 Å². The molecule has 0 fully saturated rings. The van der Waals surface area contributed by atoms with Crippen LogP contribution in [0.3, 0.4) is 0 Å². The molecule has 1 amide bonds. The van der Waals surface area contributed by atoms with Crippen molar-refractivity contribution < 1.29 is 4.79 Å². The molecule has 0 aliphatic rings. The molecular formula is C14H12ClN3OS. The minimum atomic E-state index is -0.0959. The van der Waals surface area contributed by atoms with E-state index in [0.717, 1.165) is 0 Å². The van der Waals surface area contributed by atoms with Crippen molar-refractivity contribution in [2.24, 2.45) is 0 Å². The van der Waals surface area contributed by atoms with E-state index in [-0.39, 0.29) is 5.91 Å². The van der Waals surface area contributed by atoms with Crippen LogP contribution in [0.2, 0.25) is 5.02 Å². The summed E-state index contributed by atoms with van der Waals surface area (Å²) in [7, 11) is 0. The quantitative estimate of drug-likeness (QED) is 0.834. The highest BCUT2D eigenvalue weighted by Gasteiger charge is 2.07. The Labute approximate surface area is 126 Å². The Morgan fingerprint density at radius 2 is 2.15 bits per heavy atom. The average Bonchev–Trinajstić information content (AvgIpc) is 2.98. The van der Waals surface area contributed by atoms with Crippen molar-refractivity contribution in [3.63, 3.8) is 0 Å². The summed E-state index contributed by atoms with van der Waals surface area (Å²) in [4.78, 5) is 12.4. The molecule has 0 aliphatic heterocycles.